The minimum Gasteiger partial charge on any atom is -0.395 e. The molecule has 0 spiro atoms. The van der Waals surface area contributed by atoms with Crippen LogP contribution >= 0.6 is 12.4 Å². The summed E-state index contributed by atoms with van der Waals surface area (Å²) in [4.78, 5) is 23.2. The Labute approximate surface area is 121 Å². The van der Waals surface area contributed by atoms with E-state index in [-0.39, 0.29) is 43.3 Å². The number of H-pyrrole nitrogens is 2. The van der Waals surface area contributed by atoms with Crippen LogP contribution < -0.4 is 5.56 Å². The van der Waals surface area contributed by atoms with Crippen LogP contribution in [-0.2, 0) is 6.54 Å². The molecule has 1 aliphatic heterocycles. The van der Waals surface area contributed by atoms with Crippen LogP contribution in [0.4, 0.5) is 0 Å². The average molecular weight is 301 g/mol. The summed E-state index contributed by atoms with van der Waals surface area (Å²) in [6, 6.07) is 0.146. The van der Waals surface area contributed by atoms with Gasteiger partial charge in [-0.3, -0.25) is 9.69 Å². The Bertz CT molecular complexity index is 631. The van der Waals surface area contributed by atoms with Gasteiger partial charge in [0.1, 0.15) is 5.52 Å². The second-order valence-corrected chi connectivity index (χ2v) is 4.85. The molecule has 1 fully saturated rings. The van der Waals surface area contributed by atoms with Gasteiger partial charge in [0.15, 0.2) is 0 Å². The van der Waals surface area contributed by atoms with Gasteiger partial charge in [-0.25, -0.2) is 4.98 Å². The third-order valence-electron chi connectivity index (χ3n) is 3.80. The van der Waals surface area contributed by atoms with E-state index in [2.05, 4.69) is 15.0 Å². The summed E-state index contributed by atoms with van der Waals surface area (Å²) in [6.45, 7) is 0.715. The standard InChI is InChI=1S/C12H16N4O3.ClH/c17-4-8-1-9(5-18)16(8)3-7-2-13-11-10(7)14-6-15-12(11)19;/h2,6,8-9,13,17-18H,1,3-5H2,(H,14,15,19);1H/t8-,9+;. The molecule has 7 nitrogen and oxygen atoms in total. The second kappa shape index (κ2) is 5.92. The van der Waals surface area contributed by atoms with Crippen LogP contribution in [0.25, 0.3) is 11.0 Å². The zero-order valence-electron chi connectivity index (χ0n) is 10.7. The number of rotatable bonds is 4. The van der Waals surface area contributed by atoms with Gasteiger partial charge in [-0.05, 0) is 6.42 Å². The molecule has 3 heterocycles. The maximum Gasteiger partial charge on any atom is 0.275 e. The fraction of sp³-hybridized carbons (Fsp3) is 0.500. The highest BCUT2D eigenvalue weighted by Gasteiger charge is 2.37. The molecule has 8 heteroatoms. The molecule has 0 saturated carbocycles. The van der Waals surface area contributed by atoms with Gasteiger partial charge in [-0.1, -0.05) is 0 Å². The highest BCUT2D eigenvalue weighted by molar-refractivity contribution is 5.85. The van der Waals surface area contributed by atoms with Crippen molar-refractivity contribution in [2.24, 2.45) is 0 Å². The zero-order valence-corrected chi connectivity index (χ0v) is 11.6. The smallest absolute Gasteiger partial charge is 0.275 e. The zero-order chi connectivity index (χ0) is 13.4. The fourth-order valence-electron chi connectivity index (χ4n) is 2.68. The highest BCUT2D eigenvalue weighted by atomic mass is 35.5. The monoisotopic (exact) mass is 300 g/mol. The predicted octanol–water partition coefficient (Wildman–Crippen LogP) is -0.400. The van der Waals surface area contributed by atoms with E-state index < -0.39 is 0 Å². The largest absolute Gasteiger partial charge is 0.395 e. The summed E-state index contributed by atoms with van der Waals surface area (Å²) in [5.74, 6) is 0. The van der Waals surface area contributed by atoms with Crippen LogP contribution in [0, 0.1) is 0 Å². The molecule has 110 valence electrons. The fourth-order valence-corrected chi connectivity index (χ4v) is 2.68. The molecule has 0 radical (unpaired) electrons. The quantitative estimate of drug-likeness (QED) is 0.615. The normalized spacial score (nSPS) is 22.5. The van der Waals surface area contributed by atoms with Gasteiger partial charge in [0.25, 0.3) is 5.56 Å². The van der Waals surface area contributed by atoms with Crippen molar-refractivity contribution in [3.05, 3.63) is 28.4 Å². The van der Waals surface area contributed by atoms with E-state index in [9.17, 15) is 15.0 Å². The third kappa shape index (κ3) is 2.33. The first-order valence-corrected chi connectivity index (χ1v) is 6.25. The van der Waals surface area contributed by atoms with E-state index in [1.54, 1.807) is 6.20 Å². The van der Waals surface area contributed by atoms with Crippen LogP contribution in [0.15, 0.2) is 17.3 Å². The Morgan fingerprint density at radius 1 is 1.30 bits per heavy atom. The minimum absolute atomic E-state index is 0. The second-order valence-electron chi connectivity index (χ2n) is 4.85. The Hall–Kier alpha value is -1.41. The number of fused-ring (bicyclic) bond motifs is 1. The summed E-state index contributed by atoms with van der Waals surface area (Å²) in [7, 11) is 0. The molecule has 0 aliphatic carbocycles. The van der Waals surface area contributed by atoms with Gasteiger partial charge in [0.05, 0.1) is 25.1 Å². The molecule has 2 aromatic rings. The number of nitrogens with zero attached hydrogens (tertiary/aromatic N) is 2. The summed E-state index contributed by atoms with van der Waals surface area (Å²) >= 11 is 0. The molecule has 0 amide bonds. The minimum atomic E-state index is -0.197. The Morgan fingerprint density at radius 2 is 2.00 bits per heavy atom. The molecule has 0 unspecified atom stereocenters. The lowest BCUT2D eigenvalue weighted by atomic mass is 9.93. The summed E-state index contributed by atoms with van der Waals surface area (Å²) in [5.41, 5.74) is 1.80. The van der Waals surface area contributed by atoms with Crippen molar-refractivity contribution < 1.29 is 10.2 Å². The molecule has 1 aliphatic rings. The van der Waals surface area contributed by atoms with Crippen LogP contribution in [-0.4, -0.2) is 55.4 Å². The first-order chi connectivity index (χ1) is 9.24. The summed E-state index contributed by atoms with van der Waals surface area (Å²) < 4.78 is 0. The maximum atomic E-state index is 11.6. The lowest BCUT2D eigenvalue weighted by Crippen LogP contribution is -2.58. The van der Waals surface area contributed by atoms with Gasteiger partial charge < -0.3 is 20.2 Å². The number of nitrogens with one attached hydrogen (secondary N) is 2. The number of aliphatic hydroxyl groups excluding tert-OH is 2. The van der Waals surface area contributed by atoms with Crippen molar-refractivity contribution in [3.63, 3.8) is 0 Å². The number of aromatic amines is 2. The Balaban J connectivity index is 0.00000147. The van der Waals surface area contributed by atoms with Gasteiger partial charge >= 0.3 is 0 Å². The lowest BCUT2D eigenvalue weighted by Gasteiger charge is -2.47. The van der Waals surface area contributed by atoms with Gasteiger partial charge in [0, 0.05) is 30.4 Å². The van der Waals surface area contributed by atoms with Crippen molar-refractivity contribution in [2.75, 3.05) is 13.2 Å². The molecule has 2 aromatic heterocycles. The number of aromatic nitrogens is 3. The van der Waals surface area contributed by atoms with Crippen molar-refractivity contribution >= 4 is 23.4 Å². The number of hydrogen-bond acceptors (Lipinski definition) is 5. The van der Waals surface area contributed by atoms with Crippen molar-refractivity contribution in [1.29, 1.82) is 0 Å². The van der Waals surface area contributed by atoms with E-state index in [1.165, 1.54) is 6.33 Å². The first-order valence-electron chi connectivity index (χ1n) is 6.25. The SMILES string of the molecule is Cl.O=c1[nH]cnc2c(CN3[C@H](CO)C[C@@H]3CO)c[nH]c12. The van der Waals surface area contributed by atoms with E-state index in [4.69, 9.17) is 0 Å². The number of likely N-dealkylation sites (tertiary alicyclic amines) is 1. The molecule has 20 heavy (non-hydrogen) atoms. The molecule has 0 aromatic carbocycles. The van der Waals surface area contributed by atoms with Crippen LogP contribution in [0.1, 0.15) is 12.0 Å². The Kier molecular flexibility index (Phi) is 4.44. The van der Waals surface area contributed by atoms with Crippen molar-refractivity contribution in [2.45, 2.75) is 25.0 Å². The maximum absolute atomic E-state index is 11.6. The van der Waals surface area contributed by atoms with Gasteiger partial charge in [0.2, 0.25) is 0 Å². The number of aliphatic hydroxyl groups is 2. The van der Waals surface area contributed by atoms with Crippen LogP contribution in [0.2, 0.25) is 0 Å². The molecule has 1 saturated heterocycles. The summed E-state index contributed by atoms with van der Waals surface area (Å²) in [6.07, 6.45) is 3.93. The topological polar surface area (TPSA) is 105 Å². The van der Waals surface area contributed by atoms with Crippen molar-refractivity contribution in [1.82, 2.24) is 19.9 Å². The number of halogens is 1. The predicted molar refractivity (Wildman–Crippen MR) is 75.9 cm³/mol. The van der Waals surface area contributed by atoms with Crippen LogP contribution in [0.5, 0.6) is 0 Å². The first kappa shape index (κ1) is 15.0. The summed E-state index contributed by atoms with van der Waals surface area (Å²) in [5, 5.41) is 18.5. The van der Waals surface area contributed by atoms with E-state index >= 15 is 0 Å². The molecule has 0 bridgehead atoms. The highest BCUT2D eigenvalue weighted by Crippen LogP contribution is 2.28. The van der Waals surface area contributed by atoms with E-state index in [1.807, 2.05) is 4.90 Å². The number of hydrogen-bond donors (Lipinski definition) is 4. The van der Waals surface area contributed by atoms with Crippen LogP contribution in [0.3, 0.4) is 0 Å². The van der Waals surface area contributed by atoms with Crippen molar-refractivity contribution in [3.8, 4) is 0 Å². The van der Waals surface area contributed by atoms with Gasteiger partial charge in [-0.15, -0.1) is 12.4 Å². The van der Waals surface area contributed by atoms with Gasteiger partial charge in [-0.2, -0.15) is 0 Å². The molecular formula is C12H17ClN4O3. The van der Waals surface area contributed by atoms with E-state index in [0.29, 0.717) is 17.6 Å². The third-order valence-corrected chi connectivity index (χ3v) is 3.80. The lowest BCUT2D eigenvalue weighted by molar-refractivity contribution is -0.0472. The molecular weight excluding hydrogens is 284 g/mol. The molecule has 3 rings (SSSR count). The molecule has 4 N–H and O–H groups in total. The Morgan fingerprint density at radius 3 is 2.65 bits per heavy atom. The molecule has 2 atom stereocenters. The average Bonchev–Trinajstić information content (AvgIpc) is 2.80. The van der Waals surface area contributed by atoms with E-state index in [0.717, 1.165) is 12.0 Å².